The largest absolute Gasteiger partial charge is 0.498 e. The monoisotopic (exact) mass is 488 g/mol. The summed E-state index contributed by atoms with van der Waals surface area (Å²) in [6.07, 6.45) is 0.245. The average Bonchev–Trinajstić information content (AvgIpc) is 3.36. The highest BCUT2D eigenvalue weighted by atomic mass is 19.4. The zero-order chi connectivity index (χ0) is 25.6. The molecular formula is C24H28BF3N4O3. The summed E-state index contributed by atoms with van der Waals surface area (Å²) in [5.74, 6) is -0.331. The smallest absolute Gasteiger partial charge is 0.399 e. The summed E-state index contributed by atoms with van der Waals surface area (Å²) in [6.45, 7) is 8.59. The molecular weight excluding hydrogens is 460 g/mol. The SMILES string of the molecule is CC1(C)OB(c2cnn(C3(CC#N)CCN(C(=O)c4ccc(C(F)(F)F)cc4)CC3)c2)OC1(C)C. The number of carbonyl (C=O) groups is 1. The van der Waals surface area contributed by atoms with Crippen LogP contribution in [0.2, 0.25) is 0 Å². The lowest BCUT2D eigenvalue weighted by molar-refractivity contribution is -0.137. The Balaban J connectivity index is 1.47. The lowest BCUT2D eigenvalue weighted by atomic mass is 9.81. The van der Waals surface area contributed by atoms with Crippen molar-refractivity contribution < 1.29 is 27.3 Å². The van der Waals surface area contributed by atoms with Gasteiger partial charge in [-0.25, -0.2) is 0 Å². The molecule has 4 rings (SSSR count). The summed E-state index contributed by atoms with van der Waals surface area (Å²) < 4.78 is 52.5. The molecule has 0 atom stereocenters. The number of aromatic nitrogens is 2. The Labute approximate surface area is 202 Å². The summed E-state index contributed by atoms with van der Waals surface area (Å²) >= 11 is 0. The molecule has 0 spiro atoms. The van der Waals surface area contributed by atoms with Crippen LogP contribution in [0.3, 0.4) is 0 Å². The maximum Gasteiger partial charge on any atom is 0.498 e. The number of amides is 1. The highest BCUT2D eigenvalue weighted by Gasteiger charge is 2.52. The maximum atomic E-state index is 12.9. The van der Waals surface area contributed by atoms with Gasteiger partial charge in [-0.2, -0.15) is 23.5 Å². The molecule has 3 heterocycles. The molecule has 35 heavy (non-hydrogen) atoms. The van der Waals surface area contributed by atoms with E-state index >= 15 is 0 Å². The van der Waals surface area contributed by atoms with E-state index in [0.717, 1.165) is 17.6 Å². The maximum absolute atomic E-state index is 12.9. The highest BCUT2D eigenvalue weighted by Crippen LogP contribution is 2.37. The molecule has 0 saturated carbocycles. The van der Waals surface area contributed by atoms with E-state index in [1.165, 1.54) is 12.1 Å². The van der Waals surface area contributed by atoms with Crippen LogP contribution in [-0.4, -0.2) is 52.0 Å². The number of nitriles is 1. The van der Waals surface area contributed by atoms with Gasteiger partial charge >= 0.3 is 13.3 Å². The third kappa shape index (κ3) is 4.69. The number of halogens is 3. The fourth-order valence-electron chi connectivity index (χ4n) is 4.44. The minimum Gasteiger partial charge on any atom is -0.399 e. The average molecular weight is 488 g/mol. The van der Waals surface area contributed by atoms with Crippen LogP contribution >= 0.6 is 0 Å². The molecule has 186 valence electrons. The Bertz CT molecular complexity index is 1110. The molecule has 0 unspecified atom stereocenters. The van der Waals surface area contributed by atoms with Gasteiger partial charge in [0.1, 0.15) is 0 Å². The van der Waals surface area contributed by atoms with Gasteiger partial charge in [-0.1, -0.05) is 0 Å². The summed E-state index contributed by atoms with van der Waals surface area (Å²) in [5.41, 5.74) is -1.43. The van der Waals surface area contributed by atoms with Crippen LogP contribution in [0.4, 0.5) is 13.2 Å². The van der Waals surface area contributed by atoms with Crippen molar-refractivity contribution in [3.8, 4) is 6.07 Å². The number of likely N-dealkylation sites (tertiary alicyclic amines) is 1. The number of nitrogens with zero attached hydrogens (tertiary/aromatic N) is 4. The summed E-state index contributed by atoms with van der Waals surface area (Å²) in [6, 6.07) is 6.48. The van der Waals surface area contributed by atoms with Crippen LogP contribution in [0.5, 0.6) is 0 Å². The van der Waals surface area contributed by atoms with Gasteiger partial charge in [0.15, 0.2) is 0 Å². The predicted molar refractivity (Wildman–Crippen MR) is 123 cm³/mol. The molecule has 2 aliphatic rings. The molecule has 2 aromatic rings. The first-order chi connectivity index (χ1) is 16.3. The fourth-order valence-corrected chi connectivity index (χ4v) is 4.44. The van der Waals surface area contributed by atoms with Crippen LogP contribution in [0.1, 0.15) is 62.9 Å². The van der Waals surface area contributed by atoms with E-state index in [4.69, 9.17) is 9.31 Å². The van der Waals surface area contributed by atoms with Crippen molar-refractivity contribution >= 4 is 18.5 Å². The van der Waals surface area contributed by atoms with E-state index < -0.39 is 35.6 Å². The predicted octanol–water partition coefficient (Wildman–Crippen LogP) is 3.75. The van der Waals surface area contributed by atoms with Crippen molar-refractivity contribution in [2.45, 2.75) is 69.9 Å². The third-order valence-electron chi connectivity index (χ3n) is 7.46. The first-order valence-electron chi connectivity index (χ1n) is 11.5. The zero-order valence-corrected chi connectivity index (χ0v) is 20.2. The van der Waals surface area contributed by atoms with Crippen molar-refractivity contribution in [3.63, 3.8) is 0 Å². The van der Waals surface area contributed by atoms with Crippen LogP contribution in [0.25, 0.3) is 0 Å². The number of hydrogen-bond donors (Lipinski definition) is 0. The van der Waals surface area contributed by atoms with Crippen LogP contribution in [0.15, 0.2) is 36.7 Å². The number of carbonyl (C=O) groups excluding carboxylic acids is 1. The van der Waals surface area contributed by atoms with Gasteiger partial charge in [-0.3, -0.25) is 9.48 Å². The molecule has 0 radical (unpaired) electrons. The van der Waals surface area contributed by atoms with Gasteiger partial charge in [0, 0.05) is 36.5 Å². The Morgan fingerprint density at radius 3 is 2.20 bits per heavy atom. The zero-order valence-electron chi connectivity index (χ0n) is 20.2. The van der Waals surface area contributed by atoms with Gasteiger partial charge in [0.05, 0.1) is 34.8 Å². The van der Waals surface area contributed by atoms with E-state index in [0.29, 0.717) is 25.9 Å². The second-order valence-corrected chi connectivity index (χ2v) is 10.2. The Morgan fingerprint density at radius 1 is 1.11 bits per heavy atom. The number of rotatable bonds is 4. The van der Waals surface area contributed by atoms with Gasteiger partial charge < -0.3 is 14.2 Å². The Hall–Kier alpha value is -2.84. The third-order valence-corrected chi connectivity index (χ3v) is 7.46. The quantitative estimate of drug-likeness (QED) is 0.613. The standard InChI is InChI=1S/C24H28BF3N4O3/c1-21(2)22(3,4)35-25(34-21)19-15-30-32(16-19)23(9-12-29)10-13-31(14-11-23)20(33)17-5-7-18(8-6-17)24(26,27)28/h5-8,15-16H,9-11,13-14H2,1-4H3. The summed E-state index contributed by atoms with van der Waals surface area (Å²) in [5, 5.41) is 14.1. The second-order valence-electron chi connectivity index (χ2n) is 10.2. The van der Waals surface area contributed by atoms with Crippen molar-refractivity contribution in [2.75, 3.05) is 13.1 Å². The molecule has 1 aromatic heterocycles. The van der Waals surface area contributed by atoms with E-state index in [-0.39, 0.29) is 17.9 Å². The molecule has 0 aliphatic carbocycles. The number of hydrogen-bond acceptors (Lipinski definition) is 5. The molecule has 2 saturated heterocycles. The molecule has 7 nitrogen and oxygen atoms in total. The van der Waals surface area contributed by atoms with E-state index in [9.17, 15) is 23.2 Å². The molecule has 1 aromatic carbocycles. The lowest BCUT2D eigenvalue weighted by Gasteiger charge is -2.40. The summed E-state index contributed by atoms with van der Waals surface area (Å²) in [4.78, 5) is 14.5. The van der Waals surface area contributed by atoms with E-state index in [1.54, 1.807) is 15.8 Å². The number of alkyl halides is 3. The van der Waals surface area contributed by atoms with Crippen molar-refractivity contribution in [3.05, 3.63) is 47.8 Å². The molecule has 2 fully saturated rings. The van der Waals surface area contributed by atoms with Gasteiger partial charge in [0.25, 0.3) is 5.91 Å². The highest BCUT2D eigenvalue weighted by molar-refractivity contribution is 6.62. The minimum absolute atomic E-state index is 0.202. The summed E-state index contributed by atoms with van der Waals surface area (Å²) in [7, 11) is -0.575. The van der Waals surface area contributed by atoms with Crippen LogP contribution in [-0.2, 0) is 21.0 Å². The Morgan fingerprint density at radius 2 is 1.69 bits per heavy atom. The molecule has 1 amide bonds. The van der Waals surface area contributed by atoms with Gasteiger partial charge in [0.2, 0.25) is 0 Å². The van der Waals surface area contributed by atoms with E-state index in [2.05, 4.69) is 11.2 Å². The fraction of sp³-hybridized carbons (Fsp3) is 0.542. The lowest BCUT2D eigenvalue weighted by Crippen LogP contribution is -2.48. The second kappa shape index (κ2) is 8.68. The van der Waals surface area contributed by atoms with Crippen molar-refractivity contribution in [1.82, 2.24) is 14.7 Å². The van der Waals surface area contributed by atoms with E-state index in [1.807, 2.05) is 33.9 Å². The topological polar surface area (TPSA) is 80.4 Å². The first-order valence-corrected chi connectivity index (χ1v) is 11.5. The van der Waals surface area contributed by atoms with Crippen LogP contribution in [0, 0.1) is 11.3 Å². The molecule has 0 bridgehead atoms. The van der Waals surface area contributed by atoms with Gasteiger partial charge in [-0.05, 0) is 64.8 Å². The number of benzene rings is 1. The van der Waals surface area contributed by atoms with Crippen molar-refractivity contribution in [1.29, 1.82) is 5.26 Å². The minimum atomic E-state index is -4.45. The van der Waals surface area contributed by atoms with Gasteiger partial charge in [-0.15, -0.1) is 0 Å². The molecule has 11 heteroatoms. The first kappa shape index (κ1) is 25.3. The normalized spacial score (nSPS) is 21.1. The molecule has 2 aliphatic heterocycles. The number of piperidine rings is 1. The molecule has 0 N–H and O–H groups in total. The van der Waals surface area contributed by atoms with Crippen LogP contribution < -0.4 is 5.46 Å². The van der Waals surface area contributed by atoms with Crippen molar-refractivity contribution in [2.24, 2.45) is 0 Å². The Kier molecular flexibility index (Phi) is 6.26.